The summed E-state index contributed by atoms with van der Waals surface area (Å²) in [4.78, 5) is 0. The molecule has 0 aromatic carbocycles. The molecule has 1 aliphatic carbocycles. The van der Waals surface area contributed by atoms with E-state index in [1.807, 2.05) is 12.1 Å². The fraction of sp³-hybridized carbons (Fsp3) is 0.250. The molecule has 0 saturated heterocycles. The van der Waals surface area contributed by atoms with E-state index in [0.717, 1.165) is 3.58 Å². The van der Waals surface area contributed by atoms with E-state index in [1.54, 1.807) is 6.08 Å². The molecule has 0 amide bonds. The summed E-state index contributed by atoms with van der Waals surface area (Å²) in [6.07, 6.45) is 4.40. The number of hydrogen-bond donors (Lipinski definition) is 0. The number of nitriles is 2. The van der Waals surface area contributed by atoms with Gasteiger partial charge in [-0.1, -0.05) is 6.08 Å². The first-order valence-electron chi connectivity index (χ1n) is 3.15. The topological polar surface area (TPSA) is 47.6 Å². The second-order valence-corrected chi connectivity index (χ2v) is 3.46. The largest absolute Gasteiger partial charge is 0.198 e. The van der Waals surface area contributed by atoms with E-state index in [4.69, 9.17) is 10.5 Å². The number of hydrogen-bond acceptors (Lipinski definition) is 2. The van der Waals surface area contributed by atoms with Gasteiger partial charge in [-0.3, -0.25) is 0 Å². The van der Waals surface area contributed by atoms with Crippen molar-refractivity contribution >= 4 is 22.6 Å². The van der Waals surface area contributed by atoms with Crippen molar-refractivity contribution in [1.82, 2.24) is 0 Å². The minimum Gasteiger partial charge on any atom is -0.198 e. The highest BCUT2D eigenvalue weighted by Crippen LogP contribution is 2.25. The lowest BCUT2D eigenvalue weighted by Crippen LogP contribution is -2.02. The van der Waals surface area contributed by atoms with Crippen molar-refractivity contribution in [2.75, 3.05) is 0 Å². The van der Waals surface area contributed by atoms with Crippen molar-refractivity contribution in [3.05, 3.63) is 21.3 Å². The lowest BCUT2D eigenvalue weighted by molar-refractivity contribution is 0.803. The van der Waals surface area contributed by atoms with Gasteiger partial charge in [-0.05, 0) is 35.1 Å². The fourth-order valence-corrected chi connectivity index (χ4v) is 1.49. The average molecular weight is 256 g/mol. The molecule has 1 rings (SSSR count). The summed E-state index contributed by atoms with van der Waals surface area (Å²) < 4.78 is 1.05. The Kier molecular flexibility index (Phi) is 2.67. The van der Waals surface area contributed by atoms with Crippen LogP contribution in [0, 0.1) is 28.6 Å². The van der Waals surface area contributed by atoms with Gasteiger partial charge in [0.05, 0.1) is 18.1 Å². The third-order valence-corrected chi connectivity index (χ3v) is 2.25. The SMILES string of the molecule is N#CC1=CC(I)=CCC1C#N. The minimum atomic E-state index is -0.224. The average Bonchev–Trinajstić information content (AvgIpc) is 2.04. The lowest BCUT2D eigenvalue weighted by atomic mass is 9.94. The van der Waals surface area contributed by atoms with Gasteiger partial charge in [0.15, 0.2) is 0 Å². The van der Waals surface area contributed by atoms with Gasteiger partial charge < -0.3 is 0 Å². The Morgan fingerprint density at radius 1 is 1.55 bits per heavy atom. The molecule has 0 aromatic rings. The zero-order valence-corrected chi connectivity index (χ0v) is 7.87. The van der Waals surface area contributed by atoms with Crippen LogP contribution in [0.5, 0.6) is 0 Å². The summed E-state index contributed by atoms with van der Waals surface area (Å²) >= 11 is 2.15. The fourth-order valence-electron chi connectivity index (χ4n) is 0.898. The Morgan fingerprint density at radius 2 is 2.27 bits per heavy atom. The molecule has 1 aliphatic rings. The Labute approximate surface area is 79.0 Å². The van der Waals surface area contributed by atoms with Crippen molar-refractivity contribution in [1.29, 1.82) is 10.5 Å². The van der Waals surface area contributed by atoms with Gasteiger partial charge in [-0.25, -0.2) is 0 Å². The molecule has 0 aliphatic heterocycles. The van der Waals surface area contributed by atoms with E-state index in [0.29, 0.717) is 12.0 Å². The van der Waals surface area contributed by atoms with E-state index >= 15 is 0 Å². The van der Waals surface area contributed by atoms with Gasteiger partial charge in [-0.2, -0.15) is 10.5 Å². The predicted octanol–water partition coefficient (Wildman–Crippen LogP) is 2.30. The molecule has 0 radical (unpaired) electrons. The first kappa shape index (κ1) is 8.29. The van der Waals surface area contributed by atoms with Gasteiger partial charge in [0.1, 0.15) is 0 Å². The first-order valence-corrected chi connectivity index (χ1v) is 4.22. The highest BCUT2D eigenvalue weighted by molar-refractivity contribution is 14.1. The van der Waals surface area contributed by atoms with Crippen LogP contribution < -0.4 is 0 Å². The third-order valence-electron chi connectivity index (χ3n) is 1.50. The van der Waals surface area contributed by atoms with Gasteiger partial charge >= 0.3 is 0 Å². The molecule has 0 spiro atoms. The monoisotopic (exact) mass is 256 g/mol. The Bertz CT molecular complexity index is 301. The Balaban J connectivity index is 2.93. The number of allylic oxidation sites excluding steroid dienone is 4. The molecular formula is C8H5IN2. The Hall–Kier alpha value is -0.810. The number of rotatable bonds is 0. The quantitative estimate of drug-likeness (QED) is 0.624. The lowest BCUT2D eigenvalue weighted by Gasteiger charge is -2.08. The molecule has 0 aromatic heterocycles. The molecular weight excluding hydrogens is 251 g/mol. The maximum Gasteiger partial charge on any atom is 0.0961 e. The van der Waals surface area contributed by atoms with Crippen molar-refractivity contribution in [3.8, 4) is 12.1 Å². The first-order chi connectivity index (χ1) is 5.27. The second kappa shape index (κ2) is 3.54. The zero-order chi connectivity index (χ0) is 8.27. The molecule has 11 heavy (non-hydrogen) atoms. The van der Waals surface area contributed by atoms with E-state index in [-0.39, 0.29) is 5.92 Å². The highest BCUT2D eigenvalue weighted by Gasteiger charge is 2.15. The normalized spacial score (nSPS) is 22.6. The van der Waals surface area contributed by atoms with Gasteiger partial charge in [0.25, 0.3) is 0 Å². The summed E-state index contributed by atoms with van der Waals surface area (Å²) in [6.45, 7) is 0. The van der Waals surface area contributed by atoms with Crippen LogP contribution in [0.15, 0.2) is 21.3 Å². The van der Waals surface area contributed by atoms with Crippen LogP contribution >= 0.6 is 22.6 Å². The van der Waals surface area contributed by atoms with Crippen LogP contribution in [0.25, 0.3) is 0 Å². The van der Waals surface area contributed by atoms with Crippen molar-refractivity contribution in [2.45, 2.75) is 6.42 Å². The van der Waals surface area contributed by atoms with Gasteiger partial charge in [0, 0.05) is 9.15 Å². The van der Waals surface area contributed by atoms with Crippen LogP contribution in [0.1, 0.15) is 6.42 Å². The number of nitrogens with zero attached hydrogens (tertiary/aromatic N) is 2. The van der Waals surface area contributed by atoms with Crippen LogP contribution in [0.4, 0.5) is 0 Å². The van der Waals surface area contributed by atoms with Gasteiger partial charge in [0.2, 0.25) is 0 Å². The summed E-state index contributed by atoms with van der Waals surface area (Å²) in [6, 6.07) is 4.12. The predicted molar refractivity (Wildman–Crippen MR) is 49.5 cm³/mol. The molecule has 0 N–H and O–H groups in total. The molecule has 1 unspecified atom stereocenters. The van der Waals surface area contributed by atoms with E-state index in [9.17, 15) is 0 Å². The van der Waals surface area contributed by atoms with E-state index < -0.39 is 0 Å². The van der Waals surface area contributed by atoms with Crippen LogP contribution in [0.2, 0.25) is 0 Å². The van der Waals surface area contributed by atoms with Crippen molar-refractivity contribution in [3.63, 3.8) is 0 Å². The molecule has 54 valence electrons. The molecule has 3 heteroatoms. The maximum atomic E-state index is 8.61. The summed E-state index contributed by atoms with van der Waals surface area (Å²) in [5.41, 5.74) is 0.583. The Morgan fingerprint density at radius 3 is 2.82 bits per heavy atom. The van der Waals surface area contributed by atoms with Crippen molar-refractivity contribution in [2.24, 2.45) is 5.92 Å². The third kappa shape index (κ3) is 1.81. The second-order valence-electron chi connectivity index (χ2n) is 2.22. The van der Waals surface area contributed by atoms with Crippen LogP contribution in [-0.2, 0) is 0 Å². The molecule has 0 fully saturated rings. The molecule has 1 atom stereocenters. The molecule has 0 bridgehead atoms. The summed E-state index contributed by atoms with van der Waals surface area (Å²) in [5.74, 6) is -0.224. The van der Waals surface area contributed by atoms with Gasteiger partial charge in [-0.15, -0.1) is 0 Å². The molecule has 0 heterocycles. The van der Waals surface area contributed by atoms with Crippen molar-refractivity contribution < 1.29 is 0 Å². The number of halogens is 1. The smallest absolute Gasteiger partial charge is 0.0961 e. The highest BCUT2D eigenvalue weighted by atomic mass is 127. The molecule has 2 nitrogen and oxygen atoms in total. The summed E-state index contributed by atoms with van der Waals surface area (Å²) in [5, 5.41) is 17.2. The van der Waals surface area contributed by atoms with Crippen LogP contribution in [-0.4, -0.2) is 0 Å². The van der Waals surface area contributed by atoms with E-state index in [2.05, 4.69) is 28.7 Å². The standard InChI is InChI=1S/C8H5IN2/c9-8-2-1-6(4-10)7(3-8)5-11/h2-3,6H,1H2. The maximum absolute atomic E-state index is 8.61. The van der Waals surface area contributed by atoms with E-state index in [1.165, 1.54) is 0 Å². The minimum absolute atomic E-state index is 0.224. The zero-order valence-electron chi connectivity index (χ0n) is 5.71. The summed E-state index contributed by atoms with van der Waals surface area (Å²) in [7, 11) is 0. The van der Waals surface area contributed by atoms with Crippen LogP contribution in [0.3, 0.4) is 0 Å². The molecule has 0 saturated carbocycles.